The molecule has 96 valence electrons. The topological polar surface area (TPSA) is 81.0 Å². The second kappa shape index (κ2) is 4.64. The lowest BCUT2D eigenvalue weighted by atomic mass is 9.78. The maximum atomic E-state index is 10.5. The highest BCUT2D eigenvalue weighted by Crippen LogP contribution is 2.34. The minimum Gasteiger partial charge on any atom is -0.354 e. The zero-order valence-corrected chi connectivity index (χ0v) is 10.1. The zero-order chi connectivity index (χ0) is 13.2. The lowest BCUT2D eigenvalue weighted by molar-refractivity contribution is -0.385. The van der Waals surface area contributed by atoms with E-state index >= 15 is 0 Å². The second-order valence-electron chi connectivity index (χ2n) is 4.50. The molecule has 1 unspecified atom stereocenters. The van der Waals surface area contributed by atoms with Crippen LogP contribution in [0.2, 0.25) is 0 Å². The largest absolute Gasteiger partial charge is 0.354 e. The quantitative estimate of drug-likeness (QED) is 0.669. The molecule has 1 heterocycles. The van der Waals surface area contributed by atoms with Gasteiger partial charge in [0.2, 0.25) is 5.95 Å². The van der Waals surface area contributed by atoms with E-state index in [0.29, 0.717) is 11.9 Å². The Labute approximate surface area is 109 Å². The fourth-order valence-electron chi connectivity index (χ4n) is 2.27. The van der Waals surface area contributed by atoms with Gasteiger partial charge in [-0.15, -0.1) is 0 Å². The highest BCUT2D eigenvalue weighted by Gasteiger charge is 2.25. The summed E-state index contributed by atoms with van der Waals surface area (Å²) in [7, 11) is 0. The Balaban J connectivity index is 1.60. The Morgan fingerprint density at radius 3 is 2.74 bits per heavy atom. The first-order valence-corrected chi connectivity index (χ1v) is 6.02. The molecule has 1 aromatic heterocycles. The molecule has 0 fully saturated rings. The van der Waals surface area contributed by atoms with E-state index < -0.39 is 4.92 Å². The molecule has 0 bridgehead atoms. The molecule has 0 saturated heterocycles. The highest BCUT2D eigenvalue weighted by atomic mass is 16.6. The lowest BCUT2D eigenvalue weighted by Crippen LogP contribution is -2.24. The molecular formula is C13H12N4O2. The summed E-state index contributed by atoms with van der Waals surface area (Å²) in [6.07, 6.45) is 3.48. The Morgan fingerprint density at radius 2 is 2.05 bits per heavy atom. The molecule has 1 N–H and O–H groups in total. The van der Waals surface area contributed by atoms with Gasteiger partial charge >= 0.3 is 5.69 Å². The normalized spacial score (nSPS) is 16.3. The summed E-state index contributed by atoms with van der Waals surface area (Å²) >= 11 is 0. The summed E-state index contributed by atoms with van der Waals surface area (Å²) in [5, 5.41) is 13.6. The minimum atomic E-state index is -0.508. The third-order valence-corrected chi connectivity index (χ3v) is 3.32. The summed E-state index contributed by atoms with van der Waals surface area (Å²) in [4.78, 5) is 17.8. The SMILES string of the molecule is O=[N+]([O-])c1cnc(NCC2Cc3ccccc32)nc1. The van der Waals surface area contributed by atoms with Gasteiger partial charge in [0, 0.05) is 12.5 Å². The van der Waals surface area contributed by atoms with Crippen LogP contribution in [0.15, 0.2) is 36.7 Å². The van der Waals surface area contributed by atoms with Crippen LogP contribution in [0.1, 0.15) is 17.0 Å². The van der Waals surface area contributed by atoms with Gasteiger partial charge in [0.05, 0.1) is 4.92 Å². The molecule has 6 nitrogen and oxygen atoms in total. The van der Waals surface area contributed by atoms with E-state index in [4.69, 9.17) is 0 Å². The van der Waals surface area contributed by atoms with Crippen molar-refractivity contribution in [1.82, 2.24) is 9.97 Å². The molecule has 0 amide bonds. The Bertz CT molecular complexity index is 612. The molecule has 2 aromatic rings. The monoisotopic (exact) mass is 256 g/mol. The second-order valence-corrected chi connectivity index (χ2v) is 4.50. The van der Waals surface area contributed by atoms with Crippen molar-refractivity contribution in [3.8, 4) is 0 Å². The lowest BCUT2D eigenvalue weighted by Gasteiger charge is -2.30. The van der Waals surface area contributed by atoms with Crippen molar-refractivity contribution in [2.75, 3.05) is 11.9 Å². The number of fused-ring (bicyclic) bond motifs is 1. The van der Waals surface area contributed by atoms with E-state index in [2.05, 4.69) is 27.4 Å². The van der Waals surface area contributed by atoms with Crippen LogP contribution in [0.3, 0.4) is 0 Å². The molecule has 1 aromatic carbocycles. The predicted octanol–water partition coefficient (Wildman–Crippen LogP) is 2.14. The molecule has 6 heteroatoms. The van der Waals surface area contributed by atoms with Gasteiger partial charge in [0.15, 0.2) is 0 Å². The average Bonchev–Trinajstić information content (AvgIpc) is 2.40. The molecule has 3 rings (SSSR count). The number of benzene rings is 1. The Morgan fingerprint density at radius 1 is 1.32 bits per heavy atom. The van der Waals surface area contributed by atoms with Gasteiger partial charge in [-0.05, 0) is 17.5 Å². The average molecular weight is 256 g/mol. The third-order valence-electron chi connectivity index (χ3n) is 3.32. The fourth-order valence-corrected chi connectivity index (χ4v) is 2.27. The van der Waals surface area contributed by atoms with E-state index in [9.17, 15) is 10.1 Å². The Kier molecular flexibility index (Phi) is 2.83. The van der Waals surface area contributed by atoms with Gasteiger partial charge in [-0.3, -0.25) is 10.1 Å². The molecule has 0 saturated carbocycles. The first-order chi connectivity index (χ1) is 9.24. The van der Waals surface area contributed by atoms with Crippen molar-refractivity contribution in [1.29, 1.82) is 0 Å². The van der Waals surface area contributed by atoms with Crippen molar-refractivity contribution in [2.45, 2.75) is 12.3 Å². The maximum Gasteiger partial charge on any atom is 0.305 e. The summed E-state index contributed by atoms with van der Waals surface area (Å²) in [6, 6.07) is 8.34. The number of nitrogens with one attached hydrogen (secondary N) is 1. The van der Waals surface area contributed by atoms with Crippen LogP contribution in [0.25, 0.3) is 0 Å². The standard InChI is InChI=1S/C13H12N4O2/c18-17(19)11-7-15-13(16-8-11)14-6-10-5-9-3-1-2-4-12(9)10/h1-4,7-8,10H,5-6H2,(H,14,15,16). The number of anilines is 1. The zero-order valence-electron chi connectivity index (χ0n) is 10.1. The summed E-state index contributed by atoms with van der Waals surface area (Å²) in [5.74, 6) is 0.893. The van der Waals surface area contributed by atoms with E-state index in [-0.39, 0.29) is 5.69 Å². The number of nitrogens with zero attached hydrogens (tertiary/aromatic N) is 3. The predicted molar refractivity (Wildman–Crippen MR) is 70.1 cm³/mol. The minimum absolute atomic E-state index is 0.0976. The van der Waals surface area contributed by atoms with Gasteiger partial charge < -0.3 is 5.32 Å². The van der Waals surface area contributed by atoms with E-state index in [1.807, 2.05) is 12.1 Å². The molecule has 0 radical (unpaired) electrons. The molecule has 0 spiro atoms. The van der Waals surface area contributed by atoms with Crippen LogP contribution in [-0.2, 0) is 6.42 Å². The van der Waals surface area contributed by atoms with E-state index in [0.717, 1.165) is 13.0 Å². The molecule has 1 aliphatic rings. The van der Waals surface area contributed by atoms with Gasteiger partial charge in [-0.25, -0.2) is 9.97 Å². The Hall–Kier alpha value is -2.50. The molecule has 19 heavy (non-hydrogen) atoms. The van der Waals surface area contributed by atoms with Gasteiger partial charge in [0.1, 0.15) is 12.4 Å². The number of aromatic nitrogens is 2. The van der Waals surface area contributed by atoms with Crippen LogP contribution < -0.4 is 5.32 Å². The molecular weight excluding hydrogens is 244 g/mol. The van der Waals surface area contributed by atoms with Crippen molar-refractivity contribution in [3.63, 3.8) is 0 Å². The molecule has 0 aliphatic heterocycles. The first kappa shape index (κ1) is 11.6. The van der Waals surface area contributed by atoms with Crippen LogP contribution in [0, 0.1) is 10.1 Å². The van der Waals surface area contributed by atoms with Gasteiger partial charge in [-0.1, -0.05) is 24.3 Å². The van der Waals surface area contributed by atoms with Crippen LogP contribution >= 0.6 is 0 Å². The molecule has 1 atom stereocenters. The fraction of sp³-hybridized carbons (Fsp3) is 0.231. The first-order valence-electron chi connectivity index (χ1n) is 6.02. The molecule has 1 aliphatic carbocycles. The van der Waals surface area contributed by atoms with Crippen molar-refractivity contribution in [2.24, 2.45) is 0 Å². The van der Waals surface area contributed by atoms with Crippen LogP contribution in [0.4, 0.5) is 11.6 Å². The van der Waals surface area contributed by atoms with Gasteiger partial charge in [0.25, 0.3) is 0 Å². The van der Waals surface area contributed by atoms with Crippen molar-refractivity contribution in [3.05, 3.63) is 57.9 Å². The van der Waals surface area contributed by atoms with Crippen LogP contribution in [-0.4, -0.2) is 21.4 Å². The van der Waals surface area contributed by atoms with Crippen molar-refractivity contribution >= 4 is 11.6 Å². The maximum absolute atomic E-state index is 10.5. The van der Waals surface area contributed by atoms with Crippen molar-refractivity contribution < 1.29 is 4.92 Å². The number of rotatable bonds is 4. The highest BCUT2D eigenvalue weighted by molar-refractivity contribution is 5.42. The number of hydrogen-bond acceptors (Lipinski definition) is 5. The summed E-state index contributed by atoms with van der Waals surface area (Å²) in [6.45, 7) is 0.745. The summed E-state index contributed by atoms with van der Waals surface area (Å²) in [5.41, 5.74) is 2.65. The van der Waals surface area contributed by atoms with E-state index in [1.54, 1.807) is 0 Å². The summed E-state index contributed by atoms with van der Waals surface area (Å²) < 4.78 is 0. The number of nitro groups is 1. The van der Waals surface area contributed by atoms with E-state index in [1.165, 1.54) is 23.5 Å². The van der Waals surface area contributed by atoms with Crippen LogP contribution in [0.5, 0.6) is 0 Å². The smallest absolute Gasteiger partial charge is 0.305 e. The third kappa shape index (κ3) is 2.24. The van der Waals surface area contributed by atoms with Gasteiger partial charge in [-0.2, -0.15) is 0 Å². The number of hydrogen-bond donors (Lipinski definition) is 1.